The number of hydrogen-bond acceptors (Lipinski definition) is 5. The van der Waals surface area contributed by atoms with Gasteiger partial charge in [0, 0.05) is 17.0 Å². The molecule has 0 fully saturated rings. The maximum Gasteiger partial charge on any atom is 0.325 e. The van der Waals surface area contributed by atoms with E-state index in [1.807, 2.05) is 0 Å². The number of non-ortho nitro benzene ring substituents is 1. The number of carbonyl (C=O) groups is 2. The Morgan fingerprint density at radius 1 is 1.42 bits per heavy atom. The predicted molar refractivity (Wildman–Crippen MR) is 69.1 cm³/mol. The van der Waals surface area contributed by atoms with Crippen molar-refractivity contribution in [3.8, 4) is 0 Å². The van der Waals surface area contributed by atoms with Crippen LogP contribution in [0.3, 0.4) is 0 Å². The van der Waals surface area contributed by atoms with E-state index in [1.54, 1.807) is 0 Å². The minimum absolute atomic E-state index is 0.0201. The lowest BCUT2D eigenvalue weighted by Gasteiger charge is -2.08. The first-order chi connectivity index (χ1) is 8.90. The van der Waals surface area contributed by atoms with Crippen molar-refractivity contribution in [3.63, 3.8) is 0 Å². The molecule has 0 aliphatic heterocycles. The highest BCUT2D eigenvalue weighted by Gasteiger charge is 2.14. The number of hydrogen-bond donors (Lipinski definition) is 2. The highest BCUT2D eigenvalue weighted by molar-refractivity contribution is 8.00. The number of carbonyl (C=O) groups excluding carboxylic acids is 1. The van der Waals surface area contributed by atoms with Gasteiger partial charge in [0.2, 0.25) is 5.91 Å². The molecule has 0 saturated carbocycles. The van der Waals surface area contributed by atoms with E-state index in [1.165, 1.54) is 43.0 Å². The maximum atomic E-state index is 11.4. The molecule has 0 spiro atoms. The van der Waals surface area contributed by atoms with Gasteiger partial charge in [-0.25, -0.2) is 0 Å². The molecule has 0 bridgehead atoms. The van der Waals surface area contributed by atoms with Crippen molar-refractivity contribution in [2.45, 2.75) is 17.9 Å². The molecule has 0 heterocycles. The number of carboxylic acids is 1. The van der Waals surface area contributed by atoms with Crippen molar-refractivity contribution in [1.29, 1.82) is 0 Å². The summed E-state index contributed by atoms with van der Waals surface area (Å²) in [5.41, 5.74) is -0.0201. The fourth-order valence-electron chi connectivity index (χ4n) is 1.16. The zero-order valence-electron chi connectivity index (χ0n) is 10.0. The van der Waals surface area contributed by atoms with Gasteiger partial charge in [-0.15, -0.1) is 11.8 Å². The van der Waals surface area contributed by atoms with Crippen LogP contribution in [0.15, 0.2) is 29.2 Å². The van der Waals surface area contributed by atoms with Crippen LogP contribution >= 0.6 is 11.8 Å². The fraction of sp³-hybridized carbons (Fsp3) is 0.273. The largest absolute Gasteiger partial charge is 0.480 e. The molecule has 1 aromatic carbocycles. The highest BCUT2D eigenvalue weighted by atomic mass is 32.2. The highest BCUT2D eigenvalue weighted by Crippen LogP contribution is 2.20. The van der Waals surface area contributed by atoms with Gasteiger partial charge in [-0.05, 0) is 19.1 Å². The van der Waals surface area contributed by atoms with Crippen LogP contribution in [0.4, 0.5) is 5.69 Å². The smallest absolute Gasteiger partial charge is 0.325 e. The third-order valence-corrected chi connectivity index (χ3v) is 3.18. The average molecular weight is 284 g/mol. The Labute approximate surface area is 113 Å². The molecule has 0 aliphatic rings. The summed E-state index contributed by atoms with van der Waals surface area (Å²) in [5.74, 6) is -1.46. The Morgan fingerprint density at radius 2 is 2.00 bits per heavy atom. The monoisotopic (exact) mass is 284 g/mol. The topological polar surface area (TPSA) is 110 Å². The van der Waals surface area contributed by atoms with Crippen molar-refractivity contribution < 1.29 is 19.6 Å². The first-order valence-electron chi connectivity index (χ1n) is 5.29. The van der Waals surface area contributed by atoms with Crippen LogP contribution in [0, 0.1) is 10.1 Å². The Kier molecular flexibility index (Phi) is 5.31. The number of nitro groups is 1. The molecule has 0 aromatic heterocycles. The van der Waals surface area contributed by atoms with E-state index < -0.39 is 22.8 Å². The second kappa shape index (κ2) is 6.74. The van der Waals surface area contributed by atoms with Crippen LogP contribution in [0.25, 0.3) is 0 Å². The minimum atomic E-state index is -1.10. The lowest BCUT2D eigenvalue weighted by Crippen LogP contribution is -2.39. The second-order valence-corrected chi connectivity index (χ2v) is 4.72. The lowest BCUT2D eigenvalue weighted by atomic mass is 10.3. The Balaban J connectivity index is 2.46. The molecule has 1 atom stereocenters. The number of nitro benzene ring substituents is 1. The van der Waals surface area contributed by atoms with Crippen LogP contribution in [0.5, 0.6) is 0 Å². The minimum Gasteiger partial charge on any atom is -0.480 e. The van der Waals surface area contributed by atoms with Crippen LogP contribution < -0.4 is 5.32 Å². The molecule has 0 saturated heterocycles. The predicted octanol–water partition coefficient (Wildman–Crippen LogP) is 1.28. The van der Waals surface area contributed by atoms with Crippen LogP contribution in [0.2, 0.25) is 0 Å². The summed E-state index contributed by atoms with van der Waals surface area (Å²) in [6.07, 6.45) is 0. The average Bonchev–Trinajstić information content (AvgIpc) is 2.36. The molecule has 0 unspecified atom stereocenters. The first-order valence-corrected chi connectivity index (χ1v) is 6.28. The van der Waals surface area contributed by atoms with Crippen LogP contribution in [-0.4, -0.2) is 33.7 Å². The van der Waals surface area contributed by atoms with Gasteiger partial charge >= 0.3 is 5.97 Å². The molecule has 7 nitrogen and oxygen atoms in total. The number of amides is 1. The number of nitrogens with zero attached hydrogens (tertiary/aromatic N) is 1. The molecular formula is C11H12N2O5S. The Morgan fingerprint density at radius 3 is 2.47 bits per heavy atom. The Bertz CT molecular complexity index is 488. The summed E-state index contributed by atoms with van der Waals surface area (Å²) < 4.78 is 0. The van der Waals surface area contributed by atoms with E-state index >= 15 is 0 Å². The van der Waals surface area contributed by atoms with E-state index in [2.05, 4.69) is 5.32 Å². The zero-order chi connectivity index (χ0) is 14.4. The molecule has 1 amide bonds. The fourth-order valence-corrected chi connectivity index (χ4v) is 1.87. The summed E-state index contributed by atoms with van der Waals surface area (Å²) in [7, 11) is 0. The van der Waals surface area contributed by atoms with Crippen LogP contribution in [0.1, 0.15) is 6.92 Å². The molecule has 1 aromatic rings. The summed E-state index contributed by atoms with van der Waals surface area (Å²) in [6, 6.07) is 4.83. The number of rotatable bonds is 6. The second-order valence-electron chi connectivity index (χ2n) is 3.67. The van der Waals surface area contributed by atoms with Gasteiger partial charge in [-0.3, -0.25) is 19.7 Å². The Hall–Kier alpha value is -2.09. The van der Waals surface area contributed by atoms with E-state index in [4.69, 9.17) is 5.11 Å². The SMILES string of the molecule is C[C@H](NC(=O)CSc1ccc([N+](=O)[O-])cc1)C(=O)O. The molecule has 0 radical (unpaired) electrons. The number of thioether (sulfide) groups is 1. The molecular weight excluding hydrogens is 272 g/mol. The third kappa shape index (κ3) is 4.96. The number of carboxylic acid groups (broad SMARTS) is 1. The molecule has 1 rings (SSSR count). The standard InChI is InChI=1S/C11H12N2O5S/c1-7(11(15)16)12-10(14)6-19-9-4-2-8(3-5-9)13(17)18/h2-5,7H,6H2,1H3,(H,12,14)(H,15,16)/t7-/m0/s1. The van der Waals surface area contributed by atoms with Gasteiger partial charge in [0.1, 0.15) is 6.04 Å². The summed E-state index contributed by atoms with van der Waals surface area (Å²) in [4.78, 5) is 32.6. The molecule has 2 N–H and O–H groups in total. The third-order valence-electron chi connectivity index (χ3n) is 2.17. The lowest BCUT2D eigenvalue weighted by molar-refractivity contribution is -0.384. The van der Waals surface area contributed by atoms with Crippen molar-refractivity contribution in [1.82, 2.24) is 5.32 Å². The van der Waals surface area contributed by atoms with Gasteiger partial charge in [0.15, 0.2) is 0 Å². The number of nitrogens with one attached hydrogen (secondary N) is 1. The van der Waals surface area contributed by atoms with Crippen molar-refractivity contribution in [2.75, 3.05) is 5.75 Å². The number of benzene rings is 1. The molecule has 102 valence electrons. The van der Waals surface area contributed by atoms with Crippen molar-refractivity contribution in [3.05, 3.63) is 34.4 Å². The van der Waals surface area contributed by atoms with Crippen molar-refractivity contribution >= 4 is 29.3 Å². The molecule has 19 heavy (non-hydrogen) atoms. The van der Waals surface area contributed by atoms with Gasteiger partial charge in [-0.1, -0.05) is 0 Å². The van der Waals surface area contributed by atoms with E-state index in [-0.39, 0.29) is 11.4 Å². The zero-order valence-corrected chi connectivity index (χ0v) is 10.8. The first kappa shape index (κ1) is 15.0. The van der Waals surface area contributed by atoms with Crippen LogP contribution in [-0.2, 0) is 9.59 Å². The quantitative estimate of drug-likeness (QED) is 0.462. The van der Waals surface area contributed by atoms with E-state index in [0.29, 0.717) is 4.90 Å². The molecule has 8 heteroatoms. The molecule has 0 aliphatic carbocycles. The maximum absolute atomic E-state index is 11.4. The van der Waals surface area contributed by atoms with Gasteiger partial charge < -0.3 is 10.4 Å². The number of aliphatic carboxylic acids is 1. The van der Waals surface area contributed by atoms with Gasteiger partial charge in [0.05, 0.1) is 10.7 Å². The van der Waals surface area contributed by atoms with Gasteiger partial charge in [0.25, 0.3) is 5.69 Å². The summed E-state index contributed by atoms with van der Waals surface area (Å²) >= 11 is 1.18. The summed E-state index contributed by atoms with van der Waals surface area (Å²) in [6.45, 7) is 1.37. The summed E-state index contributed by atoms with van der Waals surface area (Å²) in [5, 5.41) is 21.4. The van der Waals surface area contributed by atoms with Gasteiger partial charge in [-0.2, -0.15) is 0 Å². The van der Waals surface area contributed by atoms with E-state index in [9.17, 15) is 19.7 Å². The normalized spacial score (nSPS) is 11.6. The van der Waals surface area contributed by atoms with Crippen molar-refractivity contribution in [2.24, 2.45) is 0 Å². The van der Waals surface area contributed by atoms with E-state index in [0.717, 1.165) is 0 Å².